The number of fused-ring (bicyclic) bond motifs is 1. The molecule has 2 aromatic carbocycles. The number of hydrogen-bond acceptors (Lipinski definition) is 1. The summed E-state index contributed by atoms with van der Waals surface area (Å²) in [6.45, 7) is 0.313. The summed E-state index contributed by atoms with van der Waals surface area (Å²) in [6.07, 6.45) is 8.94. The van der Waals surface area contributed by atoms with Gasteiger partial charge in [-0.15, -0.1) is 0 Å². The predicted octanol–water partition coefficient (Wildman–Crippen LogP) is 4.88. The van der Waals surface area contributed by atoms with Crippen LogP contribution in [0.2, 0.25) is 0 Å². The third-order valence-electron chi connectivity index (χ3n) is 4.47. The Hall–Kier alpha value is -1.86. The van der Waals surface area contributed by atoms with Gasteiger partial charge in [-0.25, -0.2) is 0 Å². The van der Waals surface area contributed by atoms with Gasteiger partial charge in [-0.3, -0.25) is 0 Å². The second-order valence-electron chi connectivity index (χ2n) is 6.10. The zero-order chi connectivity index (χ0) is 15.2. The van der Waals surface area contributed by atoms with Gasteiger partial charge in [-0.1, -0.05) is 61.0 Å². The zero-order valence-electron chi connectivity index (χ0n) is 13.1. The van der Waals surface area contributed by atoms with Gasteiger partial charge in [0.05, 0.1) is 0 Å². The molecule has 0 fully saturated rings. The van der Waals surface area contributed by atoms with E-state index in [-0.39, 0.29) is 0 Å². The number of unbranched alkanes of at least 4 members (excludes halogenated alkanes) is 2. The van der Waals surface area contributed by atoms with Crippen molar-refractivity contribution in [1.29, 1.82) is 0 Å². The predicted molar refractivity (Wildman–Crippen MR) is 93.7 cm³/mol. The van der Waals surface area contributed by atoms with Crippen LogP contribution in [0, 0.1) is 0 Å². The van der Waals surface area contributed by atoms with E-state index in [2.05, 4.69) is 54.6 Å². The van der Waals surface area contributed by atoms with Crippen LogP contribution in [0.4, 0.5) is 0 Å². The summed E-state index contributed by atoms with van der Waals surface area (Å²) in [4.78, 5) is 0. The van der Waals surface area contributed by atoms with E-state index in [9.17, 15) is 0 Å². The molecule has 1 heteroatoms. The monoisotopic (exact) mass is 292 g/mol. The first-order valence-electron chi connectivity index (χ1n) is 8.35. The van der Waals surface area contributed by atoms with Crippen LogP contribution in [0.5, 0.6) is 0 Å². The SMILES string of the molecule is OCCCCCc1ccc2c(c1)C=C(c1ccccc1)CC2. The van der Waals surface area contributed by atoms with E-state index < -0.39 is 0 Å². The van der Waals surface area contributed by atoms with E-state index in [1.165, 1.54) is 27.8 Å². The highest BCUT2D eigenvalue weighted by molar-refractivity contribution is 5.84. The number of rotatable bonds is 6. The number of aliphatic hydroxyl groups excluding tert-OH is 1. The molecule has 114 valence electrons. The van der Waals surface area contributed by atoms with E-state index in [4.69, 9.17) is 5.11 Å². The molecule has 2 aromatic rings. The number of aliphatic hydroxyl groups is 1. The van der Waals surface area contributed by atoms with Crippen molar-refractivity contribution in [1.82, 2.24) is 0 Å². The Kier molecular flexibility index (Phi) is 5.07. The van der Waals surface area contributed by atoms with Crippen molar-refractivity contribution in [2.24, 2.45) is 0 Å². The van der Waals surface area contributed by atoms with E-state index in [1.54, 1.807) is 0 Å². The van der Waals surface area contributed by atoms with Crippen molar-refractivity contribution in [2.45, 2.75) is 38.5 Å². The molecule has 0 aliphatic heterocycles. The summed E-state index contributed by atoms with van der Waals surface area (Å²) < 4.78 is 0. The molecule has 0 saturated carbocycles. The zero-order valence-corrected chi connectivity index (χ0v) is 13.1. The Morgan fingerprint density at radius 1 is 0.864 bits per heavy atom. The van der Waals surface area contributed by atoms with Gasteiger partial charge in [0.2, 0.25) is 0 Å². The average molecular weight is 292 g/mol. The van der Waals surface area contributed by atoms with E-state index in [1.807, 2.05) is 0 Å². The van der Waals surface area contributed by atoms with Crippen LogP contribution in [-0.2, 0) is 12.8 Å². The van der Waals surface area contributed by atoms with E-state index in [0.717, 1.165) is 38.5 Å². The molecule has 1 N–H and O–H groups in total. The minimum atomic E-state index is 0.313. The summed E-state index contributed by atoms with van der Waals surface area (Å²) in [5, 5.41) is 8.85. The normalized spacial score (nSPS) is 13.6. The van der Waals surface area contributed by atoms with Gasteiger partial charge in [0.25, 0.3) is 0 Å². The van der Waals surface area contributed by atoms with Gasteiger partial charge in [-0.2, -0.15) is 0 Å². The molecule has 0 heterocycles. The molecule has 0 atom stereocenters. The number of allylic oxidation sites excluding steroid dienone is 1. The first-order chi connectivity index (χ1) is 10.9. The van der Waals surface area contributed by atoms with Crippen molar-refractivity contribution < 1.29 is 5.11 Å². The third-order valence-corrected chi connectivity index (χ3v) is 4.47. The van der Waals surface area contributed by atoms with Crippen LogP contribution in [0.3, 0.4) is 0 Å². The van der Waals surface area contributed by atoms with Crippen LogP contribution in [-0.4, -0.2) is 11.7 Å². The molecule has 0 saturated heterocycles. The summed E-state index contributed by atoms with van der Waals surface area (Å²) in [7, 11) is 0. The first kappa shape index (κ1) is 15.1. The molecular formula is C21H24O. The van der Waals surface area contributed by atoms with Gasteiger partial charge in [0.15, 0.2) is 0 Å². The van der Waals surface area contributed by atoms with Crippen molar-refractivity contribution in [3.8, 4) is 0 Å². The number of hydrogen-bond donors (Lipinski definition) is 1. The van der Waals surface area contributed by atoms with Gasteiger partial charge in [0, 0.05) is 6.61 Å². The molecule has 0 aromatic heterocycles. The lowest BCUT2D eigenvalue weighted by Gasteiger charge is -2.18. The van der Waals surface area contributed by atoms with Crippen LogP contribution in [0.25, 0.3) is 11.6 Å². The molecule has 1 aliphatic rings. The molecule has 22 heavy (non-hydrogen) atoms. The molecule has 0 amide bonds. The Bertz CT molecular complexity index is 640. The smallest absolute Gasteiger partial charge is 0.0431 e. The maximum Gasteiger partial charge on any atom is 0.0431 e. The number of benzene rings is 2. The maximum atomic E-state index is 8.85. The van der Waals surface area contributed by atoms with Crippen molar-refractivity contribution >= 4 is 11.6 Å². The molecular weight excluding hydrogens is 268 g/mol. The Morgan fingerprint density at radius 3 is 2.55 bits per heavy atom. The van der Waals surface area contributed by atoms with Crippen LogP contribution in [0.15, 0.2) is 48.5 Å². The van der Waals surface area contributed by atoms with Crippen molar-refractivity contribution in [2.75, 3.05) is 6.61 Å². The van der Waals surface area contributed by atoms with Gasteiger partial charge in [-0.05, 0) is 59.9 Å². The lowest BCUT2D eigenvalue weighted by molar-refractivity contribution is 0.283. The third kappa shape index (κ3) is 3.66. The summed E-state index contributed by atoms with van der Waals surface area (Å²) in [5.74, 6) is 0. The lowest BCUT2D eigenvalue weighted by atomic mass is 9.87. The van der Waals surface area contributed by atoms with Crippen LogP contribution >= 0.6 is 0 Å². The molecule has 1 aliphatic carbocycles. The maximum absolute atomic E-state index is 8.85. The molecule has 0 bridgehead atoms. The molecule has 0 radical (unpaired) electrons. The highest BCUT2D eigenvalue weighted by atomic mass is 16.2. The minimum Gasteiger partial charge on any atom is -0.396 e. The van der Waals surface area contributed by atoms with Gasteiger partial charge in [0.1, 0.15) is 0 Å². The fraction of sp³-hybridized carbons (Fsp3) is 0.333. The lowest BCUT2D eigenvalue weighted by Crippen LogP contribution is -2.00. The summed E-state index contributed by atoms with van der Waals surface area (Å²) >= 11 is 0. The minimum absolute atomic E-state index is 0.313. The summed E-state index contributed by atoms with van der Waals surface area (Å²) in [6, 6.07) is 17.6. The standard InChI is InChI=1S/C21H24O/c22-14-6-2-3-7-17-10-11-19-12-13-20(16-21(19)15-17)18-8-4-1-5-9-18/h1,4-5,8-11,15-16,22H,2-3,6-7,12-14H2. The van der Waals surface area contributed by atoms with Gasteiger partial charge >= 0.3 is 0 Å². The van der Waals surface area contributed by atoms with Crippen molar-refractivity contribution in [3.63, 3.8) is 0 Å². The van der Waals surface area contributed by atoms with E-state index >= 15 is 0 Å². The second-order valence-corrected chi connectivity index (χ2v) is 6.10. The first-order valence-corrected chi connectivity index (χ1v) is 8.35. The van der Waals surface area contributed by atoms with Gasteiger partial charge < -0.3 is 5.11 Å². The van der Waals surface area contributed by atoms with Crippen LogP contribution < -0.4 is 0 Å². The molecule has 1 nitrogen and oxygen atoms in total. The number of aryl methyl sites for hydroxylation is 2. The Balaban J connectivity index is 1.76. The van der Waals surface area contributed by atoms with E-state index in [0.29, 0.717) is 6.61 Å². The molecule has 0 spiro atoms. The highest BCUT2D eigenvalue weighted by Crippen LogP contribution is 2.31. The largest absolute Gasteiger partial charge is 0.396 e. The Labute approximate surface area is 133 Å². The van der Waals surface area contributed by atoms with Crippen molar-refractivity contribution in [3.05, 3.63) is 70.8 Å². The molecule has 0 unspecified atom stereocenters. The summed E-state index contributed by atoms with van der Waals surface area (Å²) in [5.41, 5.74) is 7.08. The fourth-order valence-electron chi connectivity index (χ4n) is 3.19. The topological polar surface area (TPSA) is 20.2 Å². The molecule has 3 rings (SSSR count). The fourth-order valence-corrected chi connectivity index (χ4v) is 3.19. The Morgan fingerprint density at radius 2 is 1.73 bits per heavy atom. The quantitative estimate of drug-likeness (QED) is 0.752. The highest BCUT2D eigenvalue weighted by Gasteiger charge is 2.12. The second kappa shape index (κ2) is 7.42. The van der Waals surface area contributed by atoms with Crippen LogP contribution in [0.1, 0.15) is 47.9 Å². The average Bonchev–Trinajstić information content (AvgIpc) is 2.59.